The van der Waals surface area contributed by atoms with Crippen molar-refractivity contribution in [2.75, 3.05) is 11.1 Å². The molecule has 3 N–H and O–H groups in total. The molecular formula is C12H10BrN3O2. The second-order valence-electron chi connectivity index (χ2n) is 3.66. The van der Waals surface area contributed by atoms with E-state index in [0.29, 0.717) is 11.4 Å². The fourth-order valence-corrected chi connectivity index (χ4v) is 1.90. The lowest BCUT2D eigenvalue weighted by molar-refractivity contribution is -0.384. The molecule has 0 aliphatic carbocycles. The van der Waals surface area contributed by atoms with Gasteiger partial charge in [0.2, 0.25) is 0 Å². The lowest BCUT2D eigenvalue weighted by Crippen LogP contribution is -1.98. The summed E-state index contributed by atoms with van der Waals surface area (Å²) < 4.78 is 0.938. The van der Waals surface area contributed by atoms with Gasteiger partial charge in [-0.15, -0.1) is 0 Å². The molecule has 0 aliphatic heterocycles. The molecule has 0 fully saturated rings. The first kappa shape index (κ1) is 12.4. The quantitative estimate of drug-likeness (QED) is 0.515. The van der Waals surface area contributed by atoms with Crippen LogP contribution in [-0.2, 0) is 0 Å². The van der Waals surface area contributed by atoms with Crippen LogP contribution < -0.4 is 11.1 Å². The van der Waals surface area contributed by atoms with Crippen molar-refractivity contribution in [2.45, 2.75) is 0 Å². The molecule has 92 valence electrons. The normalized spacial score (nSPS) is 10.1. The molecular weight excluding hydrogens is 298 g/mol. The van der Waals surface area contributed by atoms with E-state index in [9.17, 15) is 10.1 Å². The number of anilines is 3. The number of non-ortho nitro benzene ring substituents is 1. The highest BCUT2D eigenvalue weighted by Crippen LogP contribution is 2.28. The van der Waals surface area contributed by atoms with Crippen molar-refractivity contribution in [3.63, 3.8) is 0 Å². The predicted octanol–water partition coefficient (Wildman–Crippen LogP) is 3.68. The third-order valence-electron chi connectivity index (χ3n) is 2.35. The summed E-state index contributed by atoms with van der Waals surface area (Å²) in [5.74, 6) is 0. The minimum atomic E-state index is -0.473. The zero-order valence-corrected chi connectivity index (χ0v) is 10.8. The Morgan fingerprint density at radius 2 is 2.00 bits per heavy atom. The van der Waals surface area contributed by atoms with Gasteiger partial charge in [0.1, 0.15) is 0 Å². The molecule has 6 heteroatoms. The third kappa shape index (κ3) is 2.78. The number of hydrogen-bond acceptors (Lipinski definition) is 4. The summed E-state index contributed by atoms with van der Waals surface area (Å²) in [4.78, 5) is 10.1. The number of halogens is 1. The third-order valence-corrected chi connectivity index (χ3v) is 2.84. The van der Waals surface area contributed by atoms with E-state index in [4.69, 9.17) is 5.73 Å². The van der Waals surface area contributed by atoms with Crippen LogP contribution in [0.4, 0.5) is 22.7 Å². The van der Waals surface area contributed by atoms with Gasteiger partial charge in [-0.05, 0) is 24.3 Å². The van der Waals surface area contributed by atoms with Crippen LogP contribution in [0.3, 0.4) is 0 Å². The molecule has 0 bridgehead atoms. The van der Waals surface area contributed by atoms with Gasteiger partial charge in [0, 0.05) is 22.3 Å². The predicted molar refractivity (Wildman–Crippen MR) is 74.9 cm³/mol. The van der Waals surface area contributed by atoms with E-state index in [1.165, 1.54) is 12.1 Å². The van der Waals surface area contributed by atoms with E-state index in [1.807, 2.05) is 24.3 Å². The summed E-state index contributed by atoms with van der Waals surface area (Å²) in [6.07, 6.45) is 0. The van der Waals surface area contributed by atoms with Crippen molar-refractivity contribution in [2.24, 2.45) is 0 Å². The van der Waals surface area contributed by atoms with Gasteiger partial charge in [-0.25, -0.2) is 0 Å². The van der Waals surface area contributed by atoms with E-state index < -0.39 is 4.92 Å². The number of nitrogen functional groups attached to an aromatic ring is 1. The Hall–Kier alpha value is -2.08. The van der Waals surface area contributed by atoms with Crippen molar-refractivity contribution < 1.29 is 4.92 Å². The standard InChI is InChI=1S/C12H10BrN3O2/c13-8-2-1-3-9(6-8)15-12-5-4-10(16(17)18)7-11(12)14/h1-7,15H,14H2. The highest BCUT2D eigenvalue weighted by atomic mass is 79.9. The molecule has 0 radical (unpaired) electrons. The molecule has 18 heavy (non-hydrogen) atoms. The molecule has 2 aromatic carbocycles. The van der Waals surface area contributed by atoms with Crippen LogP contribution >= 0.6 is 15.9 Å². The molecule has 0 heterocycles. The van der Waals surface area contributed by atoms with Crippen LogP contribution in [0.1, 0.15) is 0 Å². The molecule has 0 saturated carbocycles. The van der Waals surface area contributed by atoms with Gasteiger partial charge in [-0.2, -0.15) is 0 Å². The highest BCUT2D eigenvalue weighted by Gasteiger charge is 2.08. The van der Waals surface area contributed by atoms with E-state index in [-0.39, 0.29) is 5.69 Å². The monoisotopic (exact) mass is 307 g/mol. The van der Waals surface area contributed by atoms with Crippen molar-refractivity contribution in [3.05, 3.63) is 57.1 Å². The first-order valence-corrected chi connectivity index (χ1v) is 5.92. The van der Waals surface area contributed by atoms with Crippen LogP contribution in [0.2, 0.25) is 0 Å². The largest absolute Gasteiger partial charge is 0.397 e. The number of hydrogen-bond donors (Lipinski definition) is 2. The number of benzene rings is 2. The van der Waals surface area contributed by atoms with Crippen molar-refractivity contribution in [1.82, 2.24) is 0 Å². The van der Waals surface area contributed by atoms with Gasteiger partial charge in [0.05, 0.1) is 16.3 Å². The number of nitro groups is 1. The smallest absolute Gasteiger partial charge is 0.271 e. The summed E-state index contributed by atoms with van der Waals surface area (Å²) in [7, 11) is 0. The molecule has 0 amide bonds. The second-order valence-corrected chi connectivity index (χ2v) is 4.58. The summed E-state index contributed by atoms with van der Waals surface area (Å²) >= 11 is 3.36. The minimum absolute atomic E-state index is 0.0210. The number of nitrogens with one attached hydrogen (secondary N) is 1. The average Bonchev–Trinajstić information content (AvgIpc) is 2.31. The summed E-state index contributed by atoms with van der Waals surface area (Å²) in [6.45, 7) is 0. The van der Waals surface area contributed by atoms with Gasteiger partial charge in [-0.1, -0.05) is 22.0 Å². The maximum atomic E-state index is 10.6. The fraction of sp³-hybridized carbons (Fsp3) is 0. The lowest BCUT2D eigenvalue weighted by atomic mass is 10.2. The Bertz CT molecular complexity index is 602. The van der Waals surface area contributed by atoms with Crippen LogP contribution in [0.5, 0.6) is 0 Å². The van der Waals surface area contributed by atoms with E-state index in [2.05, 4.69) is 21.2 Å². The minimum Gasteiger partial charge on any atom is -0.397 e. The molecule has 0 aliphatic rings. The second kappa shape index (κ2) is 5.05. The molecule has 5 nitrogen and oxygen atoms in total. The Morgan fingerprint density at radius 1 is 1.22 bits per heavy atom. The van der Waals surface area contributed by atoms with E-state index in [1.54, 1.807) is 6.07 Å². The van der Waals surface area contributed by atoms with Crippen LogP contribution in [-0.4, -0.2) is 4.92 Å². The maximum absolute atomic E-state index is 10.6. The zero-order valence-electron chi connectivity index (χ0n) is 9.26. The van der Waals surface area contributed by atoms with Crippen LogP contribution in [0.25, 0.3) is 0 Å². The molecule has 0 saturated heterocycles. The summed E-state index contributed by atoms with van der Waals surface area (Å²) in [6, 6.07) is 11.9. The van der Waals surface area contributed by atoms with E-state index in [0.717, 1.165) is 10.2 Å². The molecule has 2 aromatic rings. The van der Waals surface area contributed by atoms with Gasteiger partial charge < -0.3 is 11.1 Å². The van der Waals surface area contributed by atoms with Crippen molar-refractivity contribution in [3.8, 4) is 0 Å². The first-order chi connectivity index (χ1) is 8.56. The Labute approximate surface area is 112 Å². The van der Waals surface area contributed by atoms with Gasteiger partial charge in [0.25, 0.3) is 5.69 Å². The number of nitrogens with two attached hydrogens (primary N) is 1. The number of nitrogens with zero attached hydrogens (tertiary/aromatic N) is 1. The van der Waals surface area contributed by atoms with Crippen LogP contribution in [0, 0.1) is 10.1 Å². The van der Waals surface area contributed by atoms with E-state index >= 15 is 0 Å². The van der Waals surface area contributed by atoms with Gasteiger partial charge in [-0.3, -0.25) is 10.1 Å². The van der Waals surface area contributed by atoms with Crippen molar-refractivity contribution >= 4 is 38.7 Å². The number of rotatable bonds is 3. The molecule has 0 aromatic heterocycles. The summed E-state index contributed by atoms with van der Waals surface area (Å²) in [5.41, 5.74) is 7.57. The number of nitro benzene ring substituents is 1. The first-order valence-electron chi connectivity index (χ1n) is 5.13. The Kier molecular flexibility index (Phi) is 3.47. The fourth-order valence-electron chi connectivity index (χ4n) is 1.50. The average molecular weight is 308 g/mol. The molecule has 0 spiro atoms. The van der Waals surface area contributed by atoms with Gasteiger partial charge >= 0.3 is 0 Å². The SMILES string of the molecule is Nc1cc([N+](=O)[O-])ccc1Nc1cccc(Br)c1. The Morgan fingerprint density at radius 3 is 2.61 bits per heavy atom. The molecule has 2 rings (SSSR count). The van der Waals surface area contributed by atoms with Gasteiger partial charge in [0.15, 0.2) is 0 Å². The lowest BCUT2D eigenvalue weighted by Gasteiger charge is -2.09. The highest BCUT2D eigenvalue weighted by molar-refractivity contribution is 9.10. The zero-order chi connectivity index (χ0) is 13.1. The topological polar surface area (TPSA) is 81.2 Å². The molecule has 0 unspecified atom stereocenters. The van der Waals surface area contributed by atoms with Crippen LogP contribution in [0.15, 0.2) is 46.9 Å². The molecule has 0 atom stereocenters. The van der Waals surface area contributed by atoms with Crippen molar-refractivity contribution in [1.29, 1.82) is 0 Å². The maximum Gasteiger partial charge on any atom is 0.271 e. The Balaban J connectivity index is 2.27. The summed E-state index contributed by atoms with van der Waals surface area (Å²) in [5, 5.41) is 13.7.